The average molecular weight is 277 g/mol. The van der Waals surface area contributed by atoms with E-state index in [1.54, 1.807) is 6.33 Å². The minimum Gasteiger partial charge on any atom is -0.481 e. The average Bonchev–Trinajstić information content (AvgIpc) is 2.48. The normalized spacial score (nSPS) is 14.7. The molecule has 0 atom stereocenters. The van der Waals surface area contributed by atoms with Gasteiger partial charge in [-0.1, -0.05) is 13.8 Å². The van der Waals surface area contributed by atoms with Crippen molar-refractivity contribution in [1.82, 2.24) is 9.97 Å². The van der Waals surface area contributed by atoms with Gasteiger partial charge in [-0.25, -0.2) is 9.97 Å². The highest BCUT2D eigenvalue weighted by Crippen LogP contribution is 2.29. The van der Waals surface area contributed by atoms with Gasteiger partial charge in [-0.2, -0.15) is 0 Å². The minimum absolute atomic E-state index is 0.415. The van der Waals surface area contributed by atoms with Crippen molar-refractivity contribution >= 4 is 11.8 Å². The Morgan fingerprint density at radius 1 is 1.30 bits per heavy atom. The fourth-order valence-corrected chi connectivity index (χ4v) is 2.80. The zero-order valence-electron chi connectivity index (χ0n) is 12.3. The predicted octanol–water partition coefficient (Wildman–Crippen LogP) is 2.66. The van der Waals surface area contributed by atoms with Crippen LogP contribution in [0.4, 0.5) is 5.82 Å². The van der Waals surface area contributed by atoms with Crippen molar-refractivity contribution in [3.05, 3.63) is 17.6 Å². The van der Waals surface area contributed by atoms with E-state index >= 15 is 0 Å². The molecule has 5 nitrogen and oxygen atoms in total. The molecule has 0 amide bonds. The lowest BCUT2D eigenvalue weighted by Gasteiger charge is -2.28. The highest BCUT2D eigenvalue weighted by molar-refractivity contribution is 5.75. The van der Waals surface area contributed by atoms with Crippen LogP contribution >= 0.6 is 0 Å². The monoisotopic (exact) mass is 277 g/mol. The lowest BCUT2D eigenvalue weighted by molar-refractivity contribution is -0.148. The first-order valence-electron chi connectivity index (χ1n) is 7.43. The van der Waals surface area contributed by atoms with E-state index in [1.165, 1.54) is 12.0 Å². The molecule has 0 saturated carbocycles. The Balaban J connectivity index is 2.16. The Labute approximate surface area is 119 Å². The molecule has 1 aromatic heterocycles. The summed E-state index contributed by atoms with van der Waals surface area (Å²) in [7, 11) is 0. The molecule has 0 radical (unpaired) electrons. The van der Waals surface area contributed by atoms with Crippen LogP contribution in [0.1, 0.15) is 50.8 Å². The van der Waals surface area contributed by atoms with Gasteiger partial charge in [0, 0.05) is 17.8 Å². The predicted molar refractivity (Wildman–Crippen MR) is 77.8 cm³/mol. The molecule has 1 aliphatic carbocycles. The zero-order valence-corrected chi connectivity index (χ0v) is 12.3. The Bertz CT molecular complexity index is 484. The summed E-state index contributed by atoms with van der Waals surface area (Å²) in [5.74, 6) is 0.0835. The van der Waals surface area contributed by atoms with Crippen molar-refractivity contribution in [2.45, 2.75) is 52.4 Å². The van der Waals surface area contributed by atoms with Gasteiger partial charge in [0.15, 0.2) is 0 Å². The molecule has 5 heteroatoms. The number of nitrogens with one attached hydrogen (secondary N) is 1. The summed E-state index contributed by atoms with van der Waals surface area (Å²) in [6.07, 6.45) is 7.10. The van der Waals surface area contributed by atoms with Crippen LogP contribution in [0, 0.1) is 5.41 Å². The molecule has 2 N–H and O–H groups in total. The molecule has 0 spiro atoms. The lowest BCUT2D eigenvalue weighted by atomic mass is 9.82. The van der Waals surface area contributed by atoms with Gasteiger partial charge < -0.3 is 10.4 Å². The second-order valence-corrected chi connectivity index (χ2v) is 5.50. The fraction of sp³-hybridized carbons (Fsp3) is 0.667. The number of rotatable bonds is 6. The number of anilines is 1. The second kappa shape index (κ2) is 6.20. The van der Waals surface area contributed by atoms with Crippen LogP contribution < -0.4 is 5.32 Å². The maximum absolute atomic E-state index is 11.5. The number of aliphatic carboxylic acids is 1. The van der Waals surface area contributed by atoms with Crippen LogP contribution in [-0.4, -0.2) is 27.6 Å². The third-order valence-electron chi connectivity index (χ3n) is 4.53. The van der Waals surface area contributed by atoms with Gasteiger partial charge in [0.05, 0.1) is 5.41 Å². The van der Waals surface area contributed by atoms with Crippen LogP contribution in [0.5, 0.6) is 0 Å². The first-order chi connectivity index (χ1) is 9.63. The SMILES string of the molecule is CCC(CC)(CNc1ncnc2c1CCCC2)C(=O)O. The third-order valence-corrected chi connectivity index (χ3v) is 4.53. The zero-order chi connectivity index (χ0) is 14.6. The van der Waals surface area contributed by atoms with Crippen molar-refractivity contribution in [2.24, 2.45) is 5.41 Å². The number of carboxylic acid groups (broad SMARTS) is 1. The van der Waals surface area contributed by atoms with Crippen LogP contribution in [0.25, 0.3) is 0 Å². The lowest BCUT2D eigenvalue weighted by Crippen LogP contribution is -2.37. The standard InChI is InChI=1S/C15H23N3O2/c1-3-15(4-2,14(19)20)9-16-13-11-7-5-6-8-12(11)17-10-18-13/h10H,3-9H2,1-2H3,(H,19,20)(H,16,17,18). The topological polar surface area (TPSA) is 75.1 Å². The van der Waals surface area contributed by atoms with E-state index in [4.69, 9.17) is 0 Å². The number of carboxylic acids is 1. The Morgan fingerprint density at radius 2 is 2.00 bits per heavy atom. The molecule has 2 rings (SSSR count). The molecule has 110 valence electrons. The number of hydrogen-bond donors (Lipinski definition) is 2. The third kappa shape index (κ3) is 2.76. The molecule has 1 aliphatic rings. The minimum atomic E-state index is -0.738. The summed E-state index contributed by atoms with van der Waals surface area (Å²) in [5.41, 5.74) is 1.57. The van der Waals surface area contributed by atoms with Crippen molar-refractivity contribution < 1.29 is 9.90 Å². The van der Waals surface area contributed by atoms with Crippen LogP contribution in [0.3, 0.4) is 0 Å². The largest absolute Gasteiger partial charge is 0.481 e. The van der Waals surface area contributed by atoms with Gasteiger partial charge in [0.2, 0.25) is 0 Å². The van der Waals surface area contributed by atoms with Gasteiger partial charge in [0.1, 0.15) is 12.1 Å². The van der Waals surface area contributed by atoms with E-state index in [2.05, 4.69) is 15.3 Å². The van der Waals surface area contributed by atoms with Crippen LogP contribution in [-0.2, 0) is 17.6 Å². The molecule has 0 aromatic carbocycles. The molecule has 20 heavy (non-hydrogen) atoms. The molecule has 0 aliphatic heterocycles. The number of hydrogen-bond acceptors (Lipinski definition) is 4. The molecule has 0 saturated heterocycles. The maximum Gasteiger partial charge on any atom is 0.311 e. The number of carbonyl (C=O) groups is 1. The first-order valence-corrected chi connectivity index (χ1v) is 7.43. The van der Waals surface area contributed by atoms with Gasteiger partial charge in [-0.3, -0.25) is 4.79 Å². The number of nitrogens with zero attached hydrogens (tertiary/aromatic N) is 2. The Morgan fingerprint density at radius 3 is 2.65 bits per heavy atom. The molecular weight excluding hydrogens is 254 g/mol. The maximum atomic E-state index is 11.5. The Kier molecular flexibility index (Phi) is 4.57. The van der Waals surface area contributed by atoms with Crippen molar-refractivity contribution in [2.75, 3.05) is 11.9 Å². The summed E-state index contributed by atoms with van der Waals surface area (Å²) in [4.78, 5) is 20.2. The van der Waals surface area contributed by atoms with E-state index in [1.807, 2.05) is 13.8 Å². The van der Waals surface area contributed by atoms with Gasteiger partial charge in [-0.05, 0) is 38.5 Å². The van der Waals surface area contributed by atoms with E-state index in [0.717, 1.165) is 30.8 Å². The van der Waals surface area contributed by atoms with Gasteiger partial charge in [0.25, 0.3) is 0 Å². The van der Waals surface area contributed by atoms with Crippen molar-refractivity contribution in [1.29, 1.82) is 0 Å². The molecule has 1 heterocycles. The highest BCUT2D eigenvalue weighted by atomic mass is 16.4. The summed E-state index contributed by atoms with van der Waals surface area (Å²) >= 11 is 0. The van der Waals surface area contributed by atoms with E-state index in [0.29, 0.717) is 19.4 Å². The van der Waals surface area contributed by atoms with E-state index in [-0.39, 0.29) is 0 Å². The van der Waals surface area contributed by atoms with Crippen LogP contribution in [0.15, 0.2) is 6.33 Å². The first kappa shape index (κ1) is 14.8. The molecule has 0 fully saturated rings. The van der Waals surface area contributed by atoms with Crippen LogP contribution in [0.2, 0.25) is 0 Å². The van der Waals surface area contributed by atoms with Gasteiger partial charge in [-0.15, -0.1) is 0 Å². The van der Waals surface area contributed by atoms with Crippen molar-refractivity contribution in [3.8, 4) is 0 Å². The van der Waals surface area contributed by atoms with E-state index in [9.17, 15) is 9.90 Å². The van der Waals surface area contributed by atoms with Crippen molar-refractivity contribution in [3.63, 3.8) is 0 Å². The Hall–Kier alpha value is -1.65. The van der Waals surface area contributed by atoms with Gasteiger partial charge >= 0.3 is 5.97 Å². The molecule has 0 bridgehead atoms. The number of aromatic nitrogens is 2. The van der Waals surface area contributed by atoms with E-state index < -0.39 is 11.4 Å². The summed E-state index contributed by atoms with van der Waals surface area (Å²) in [6, 6.07) is 0. The fourth-order valence-electron chi connectivity index (χ4n) is 2.80. The smallest absolute Gasteiger partial charge is 0.311 e. The summed E-state index contributed by atoms with van der Waals surface area (Å²) < 4.78 is 0. The summed E-state index contributed by atoms with van der Waals surface area (Å²) in [6.45, 7) is 4.27. The summed E-state index contributed by atoms with van der Waals surface area (Å²) in [5, 5.41) is 12.7. The second-order valence-electron chi connectivity index (χ2n) is 5.50. The highest BCUT2D eigenvalue weighted by Gasteiger charge is 2.35. The molecule has 0 unspecified atom stereocenters. The number of aryl methyl sites for hydroxylation is 1. The molecular formula is C15H23N3O2. The molecule has 1 aromatic rings. The number of fused-ring (bicyclic) bond motifs is 1. The quantitative estimate of drug-likeness (QED) is 0.836.